The Bertz CT molecular complexity index is 170. The molecule has 0 bridgehead atoms. The van der Waals surface area contributed by atoms with E-state index in [-0.39, 0.29) is 4.90 Å². The second kappa shape index (κ2) is 3.75. The lowest BCUT2D eigenvalue weighted by atomic mass is 10.2. The first-order chi connectivity index (χ1) is 4.95. The molecule has 64 valence electrons. The maximum atomic E-state index is 10.1. The molecule has 0 aliphatic heterocycles. The highest BCUT2D eigenvalue weighted by Crippen LogP contribution is 2.00. The highest BCUT2D eigenvalue weighted by atomic mass is 16.9. The summed E-state index contributed by atoms with van der Waals surface area (Å²) in [5, 5.41) is 20.2. The predicted octanol–water partition coefficient (Wildman–Crippen LogP) is 0.183. The summed E-state index contributed by atoms with van der Waals surface area (Å²) in [6.07, 6.45) is -0.764. The first-order valence-corrected chi connectivity index (χ1v) is 3.03. The van der Waals surface area contributed by atoms with Gasteiger partial charge in [-0.15, -0.1) is 0 Å². The van der Waals surface area contributed by atoms with E-state index in [1.165, 1.54) is 13.8 Å². The first-order valence-electron chi connectivity index (χ1n) is 3.03. The standard InChI is InChI=1S/C5H10N2O4/c1-4(7(9)10)5(2)11-6(3)8/h4-5H,3H2,1-2H3. The van der Waals surface area contributed by atoms with Crippen LogP contribution in [0.15, 0.2) is 0 Å². The molecule has 0 aromatic heterocycles. The van der Waals surface area contributed by atoms with E-state index < -0.39 is 17.1 Å². The van der Waals surface area contributed by atoms with Gasteiger partial charge in [-0.3, -0.25) is 15.3 Å². The fourth-order valence-electron chi connectivity index (χ4n) is 0.445. The molecule has 0 aliphatic carbocycles. The van der Waals surface area contributed by atoms with Crippen molar-refractivity contribution in [3.05, 3.63) is 15.3 Å². The number of rotatable bonds is 4. The van der Waals surface area contributed by atoms with Crippen molar-refractivity contribution < 1.29 is 14.7 Å². The van der Waals surface area contributed by atoms with E-state index in [1.807, 2.05) is 0 Å². The molecule has 0 fully saturated rings. The van der Waals surface area contributed by atoms with Gasteiger partial charge in [0.15, 0.2) is 6.72 Å². The van der Waals surface area contributed by atoms with E-state index in [2.05, 4.69) is 11.6 Å². The van der Waals surface area contributed by atoms with Crippen LogP contribution in [0.3, 0.4) is 0 Å². The van der Waals surface area contributed by atoms with Crippen LogP contribution in [-0.2, 0) is 4.84 Å². The molecule has 0 aromatic rings. The monoisotopic (exact) mass is 162 g/mol. The van der Waals surface area contributed by atoms with Gasteiger partial charge in [-0.2, -0.15) is 0 Å². The average molecular weight is 162 g/mol. The molecule has 2 atom stereocenters. The fourth-order valence-corrected chi connectivity index (χ4v) is 0.445. The molecule has 0 aromatic carbocycles. The van der Waals surface area contributed by atoms with E-state index in [0.717, 1.165) is 0 Å². The zero-order valence-corrected chi connectivity index (χ0v) is 6.39. The Balaban J connectivity index is 3.92. The summed E-state index contributed by atoms with van der Waals surface area (Å²) in [6, 6.07) is -0.909. The van der Waals surface area contributed by atoms with Crippen LogP contribution in [0, 0.1) is 15.3 Å². The van der Waals surface area contributed by atoms with Crippen LogP contribution in [0.1, 0.15) is 13.8 Å². The van der Waals surface area contributed by atoms with E-state index in [0.29, 0.717) is 0 Å². The van der Waals surface area contributed by atoms with Gasteiger partial charge in [0.25, 0.3) is 0 Å². The summed E-state index contributed by atoms with van der Waals surface area (Å²) in [5.74, 6) is 0. The van der Waals surface area contributed by atoms with E-state index in [4.69, 9.17) is 0 Å². The fraction of sp³-hybridized carbons (Fsp3) is 0.800. The van der Waals surface area contributed by atoms with Crippen molar-refractivity contribution >= 4 is 6.72 Å². The van der Waals surface area contributed by atoms with Gasteiger partial charge in [0.2, 0.25) is 6.04 Å². The first kappa shape index (κ1) is 9.67. The number of hydrogen-bond acceptors (Lipinski definition) is 4. The number of nitro groups is 1. The Morgan fingerprint density at radius 2 is 1.91 bits per heavy atom. The zero-order chi connectivity index (χ0) is 9.02. The van der Waals surface area contributed by atoms with Crippen LogP contribution in [0.5, 0.6) is 0 Å². The van der Waals surface area contributed by atoms with Crippen molar-refractivity contribution in [2.24, 2.45) is 0 Å². The van der Waals surface area contributed by atoms with Gasteiger partial charge in [-0.25, -0.2) is 0 Å². The molecule has 6 nitrogen and oxygen atoms in total. The molecular weight excluding hydrogens is 152 g/mol. The smallest absolute Gasteiger partial charge is 0.227 e. The molecule has 0 rings (SSSR count). The highest BCUT2D eigenvalue weighted by Gasteiger charge is 2.21. The van der Waals surface area contributed by atoms with Crippen LogP contribution < -0.4 is 0 Å². The third kappa shape index (κ3) is 3.39. The van der Waals surface area contributed by atoms with E-state index >= 15 is 0 Å². The van der Waals surface area contributed by atoms with Gasteiger partial charge in [0, 0.05) is 16.7 Å². The summed E-state index contributed by atoms with van der Waals surface area (Å²) >= 11 is 0. The van der Waals surface area contributed by atoms with Crippen LogP contribution in [0.2, 0.25) is 0 Å². The molecule has 0 N–H and O–H groups in total. The van der Waals surface area contributed by atoms with Crippen LogP contribution >= 0.6 is 0 Å². The summed E-state index contributed by atoms with van der Waals surface area (Å²) in [5.41, 5.74) is 0. The van der Waals surface area contributed by atoms with Gasteiger partial charge in [0.1, 0.15) is 6.10 Å². The largest absolute Gasteiger partial charge is 0.394 e. The lowest BCUT2D eigenvalue weighted by Gasteiger charge is -2.14. The third-order valence-corrected chi connectivity index (χ3v) is 1.30. The van der Waals surface area contributed by atoms with Crippen molar-refractivity contribution in [1.29, 1.82) is 0 Å². The number of nitrogens with zero attached hydrogens (tertiary/aromatic N) is 2. The molecule has 2 unspecified atom stereocenters. The number of hydrogen-bond donors (Lipinski definition) is 0. The van der Waals surface area contributed by atoms with E-state index in [1.54, 1.807) is 0 Å². The quantitative estimate of drug-likeness (QED) is 0.255. The lowest BCUT2D eigenvalue weighted by molar-refractivity contribution is -0.756. The second-order valence-corrected chi connectivity index (χ2v) is 2.17. The van der Waals surface area contributed by atoms with Crippen LogP contribution in [0.25, 0.3) is 0 Å². The van der Waals surface area contributed by atoms with Gasteiger partial charge in [-0.1, -0.05) is 0 Å². The van der Waals surface area contributed by atoms with Crippen molar-refractivity contribution in [2.75, 3.05) is 0 Å². The van der Waals surface area contributed by atoms with Crippen molar-refractivity contribution in [1.82, 2.24) is 0 Å². The molecule has 0 saturated carbocycles. The van der Waals surface area contributed by atoms with Crippen molar-refractivity contribution in [2.45, 2.75) is 26.0 Å². The molecule has 0 saturated heterocycles. The van der Waals surface area contributed by atoms with Crippen LogP contribution in [-0.4, -0.2) is 28.7 Å². The molecular formula is C5H10N2O4. The van der Waals surface area contributed by atoms with Crippen molar-refractivity contribution in [3.8, 4) is 0 Å². The zero-order valence-electron chi connectivity index (χ0n) is 6.39. The molecule has 0 aliphatic rings. The van der Waals surface area contributed by atoms with Crippen LogP contribution in [0.4, 0.5) is 0 Å². The maximum absolute atomic E-state index is 10.1. The summed E-state index contributed by atoms with van der Waals surface area (Å²) in [7, 11) is 0. The molecule has 0 heterocycles. The van der Waals surface area contributed by atoms with Gasteiger partial charge < -0.3 is 4.84 Å². The average Bonchev–Trinajstić information content (AvgIpc) is 1.84. The summed E-state index contributed by atoms with van der Waals surface area (Å²) in [6.45, 7) is 5.64. The second-order valence-electron chi connectivity index (χ2n) is 2.17. The topological polar surface area (TPSA) is 78.4 Å². The third-order valence-electron chi connectivity index (χ3n) is 1.30. The summed E-state index contributed by atoms with van der Waals surface area (Å²) < 4.78 is 0. The molecule has 0 radical (unpaired) electrons. The van der Waals surface area contributed by atoms with Gasteiger partial charge >= 0.3 is 0 Å². The molecule has 0 amide bonds. The molecule has 0 spiro atoms. The Kier molecular flexibility index (Phi) is 3.29. The Hall–Kier alpha value is -1.33. The normalized spacial score (nSPS) is 15.1. The SMILES string of the molecule is C=[N+]([O-])OC(C)C(C)[N+](=O)[O-]. The van der Waals surface area contributed by atoms with Crippen molar-refractivity contribution in [3.63, 3.8) is 0 Å². The Morgan fingerprint density at radius 3 is 2.18 bits per heavy atom. The maximum Gasteiger partial charge on any atom is 0.227 e. The molecule has 6 heteroatoms. The highest BCUT2D eigenvalue weighted by molar-refractivity contribution is 5.13. The summed E-state index contributed by atoms with van der Waals surface area (Å²) in [4.78, 5) is 13.9. The molecule has 11 heavy (non-hydrogen) atoms. The minimum atomic E-state index is -0.909. The van der Waals surface area contributed by atoms with E-state index in [9.17, 15) is 15.3 Å². The minimum absolute atomic E-state index is 0.0370. The van der Waals surface area contributed by atoms with Gasteiger partial charge in [-0.05, 0) is 6.92 Å². The minimum Gasteiger partial charge on any atom is -0.394 e. The Morgan fingerprint density at radius 1 is 1.45 bits per heavy atom. The van der Waals surface area contributed by atoms with Gasteiger partial charge in [0.05, 0.1) is 0 Å². The Labute approximate surface area is 63.8 Å². The lowest BCUT2D eigenvalue weighted by Crippen LogP contribution is -2.32. The predicted molar refractivity (Wildman–Crippen MR) is 37.8 cm³/mol.